The number of likely N-dealkylation sites (tertiary alicyclic amines) is 1. The van der Waals surface area contributed by atoms with Crippen molar-refractivity contribution < 1.29 is 18.7 Å². The third-order valence-electron chi connectivity index (χ3n) is 6.40. The van der Waals surface area contributed by atoms with Crippen molar-refractivity contribution >= 4 is 16.9 Å². The molecule has 0 bridgehead atoms. The lowest BCUT2D eigenvalue weighted by atomic mass is 10.1. The fourth-order valence-corrected chi connectivity index (χ4v) is 4.63. The monoisotopic (exact) mass is 473 g/mol. The van der Waals surface area contributed by atoms with Crippen molar-refractivity contribution in [3.05, 3.63) is 90.0 Å². The van der Waals surface area contributed by atoms with Gasteiger partial charge in [0.2, 0.25) is 5.91 Å². The average Bonchev–Trinajstić information content (AvgIpc) is 3.43. The van der Waals surface area contributed by atoms with E-state index in [9.17, 15) is 9.18 Å². The summed E-state index contributed by atoms with van der Waals surface area (Å²) in [6.45, 7) is 2.39. The second-order valence-electron chi connectivity index (χ2n) is 8.79. The van der Waals surface area contributed by atoms with Crippen LogP contribution in [-0.2, 0) is 17.9 Å². The number of halogens is 1. The van der Waals surface area contributed by atoms with E-state index >= 15 is 0 Å². The number of hydrogen-bond donors (Lipinski definition) is 0. The molecule has 0 radical (unpaired) electrons. The largest absolute Gasteiger partial charge is 0.497 e. The van der Waals surface area contributed by atoms with Crippen molar-refractivity contribution in [2.75, 3.05) is 20.3 Å². The fourth-order valence-electron chi connectivity index (χ4n) is 4.63. The van der Waals surface area contributed by atoms with E-state index in [0.717, 1.165) is 46.9 Å². The number of rotatable bonds is 9. The highest BCUT2D eigenvalue weighted by Gasteiger charge is 2.33. The number of carbonyl (C=O) groups excluding carboxylic acids is 1. The van der Waals surface area contributed by atoms with E-state index in [0.29, 0.717) is 26.1 Å². The normalized spacial score (nSPS) is 15.7. The summed E-state index contributed by atoms with van der Waals surface area (Å²) in [5.74, 6) is 2.37. The van der Waals surface area contributed by atoms with Gasteiger partial charge >= 0.3 is 0 Å². The summed E-state index contributed by atoms with van der Waals surface area (Å²) in [7, 11) is 1.64. The average molecular weight is 474 g/mol. The highest BCUT2D eigenvalue weighted by Crippen LogP contribution is 2.31. The Morgan fingerprint density at radius 2 is 1.74 bits per heavy atom. The van der Waals surface area contributed by atoms with Gasteiger partial charge in [0.1, 0.15) is 23.1 Å². The maximum Gasteiger partial charge on any atom is 0.223 e. The lowest BCUT2D eigenvalue weighted by Gasteiger charge is -2.17. The summed E-state index contributed by atoms with van der Waals surface area (Å²) in [5.41, 5.74) is 2.92. The van der Waals surface area contributed by atoms with Crippen molar-refractivity contribution in [1.29, 1.82) is 0 Å². The second kappa shape index (κ2) is 10.2. The van der Waals surface area contributed by atoms with Crippen LogP contribution < -0.4 is 9.47 Å². The molecule has 4 aromatic rings. The lowest BCUT2D eigenvalue weighted by Crippen LogP contribution is -2.24. The Morgan fingerprint density at radius 1 is 1.00 bits per heavy atom. The van der Waals surface area contributed by atoms with Crippen LogP contribution in [-0.4, -0.2) is 40.6 Å². The van der Waals surface area contributed by atoms with Gasteiger partial charge in [0.05, 0.1) is 24.8 Å². The number of imidazole rings is 1. The molecule has 0 N–H and O–H groups in total. The van der Waals surface area contributed by atoms with Crippen LogP contribution in [0.4, 0.5) is 4.39 Å². The van der Waals surface area contributed by atoms with Crippen LogP contribution in [0.1, 0.15) is 30.1 Å². The Labute approximate surface area is 203 Å². The Balaban J connectivity index is 1.28. The minimum Gasteiger partial charge on any atom is -0.497 e. The van der Waals surface area contributed by atoms with E-state index in [4.69, 9.17) is 14.5 Å². The number of ether oxygens (including phenoxy) is 2. The molecule has 35 heavy (non-hydrogen) atoms. The number of aryl methyl sites for hydroxylation is 1. The number of methoxy groups -OCH3 is 1. The SMILES string of the molecule is COc1ccc(OCCCn2c(C3CC(=O)N(Cc4ccc(F)cc4)C3)nc3ccccc32)cc1. The molecule has 5 rings (SSSR count). The molecule has 1 atom stereocenters. The first kappa shape index (κ1) is 22.9. The predicted octanol–water partition coefficient (Wildman–Crippen LogP) is 5.17. The summed E-state index contributed by atoms with van der Waals surface area (Å²) in [4.78, 5) is 19.6. The van der Waals surface area contributed by atoms with Crippen molar-refractivity contribution in [2.24, 2.45) is 0 Å². The molecule has 1 aromatic heterocycles. The first-order chi connectivity index (χ1) is 17.1. The van der Waals surface area contributed by atoms with E-state index in [2.05, 4.69) is 10.6 Å². The van der Waals surface area contributed by atoms with E-state index in [1.165, 1.54) is 12.1 Å². The zero-order valence-electron chi connectivity index (χ0n) is 19.7. The molecule has 7 heteroatoms. The van der Waals surface area contributed by atoms with Crippen LogP contribution >= 0.6 is 0 Å². The zero-order chi connectivity index (χ0) is 24.2. The minimum absolute atomic E-state index is 0.0119. The van der Waals surface area contributed by atoms with Crippen LogP contribution in [0, 0.1) is 5.82 Å². The van der Waals surface area contributed by atoms with Gasteiger partial charge in [-0.2, -0.15) is 0 Å². The van der Waals surface area contributed by atoms with Crippen molar-refractivity contribution in [2.45, 2.75) is 31.8 Å². The summed E-state index contributed by atoms with van der Waals surface area (Å²) in [6, 6.07) is 22.0. The predicted molar refractivity (Wildman–Crippen MR) is 132 cm³/mol. The standard InChI is InChI=1S/C28H28FN3O3/c1-34-23-11-13-24(14-12-23)35-16-4-15-32-26-6-3-2-5-25(26)30-28(32)21-17-27(33)31(19-21)18-20-7-9-22(29)10-8-20/h2-3,5-14,21H,4,15-19H2,1H3. The first-order valence-corrected chi connectivity index (χ1v) is 11.8. The summed E-state index contributed by atoms with van der Waals surface area (Å²) in [6.07, 6.45) is 1.23. The molecule has 1 amide bonds. The number of benzene rings is 3. The highest BCUT2D eigenvalue weighted by molar-refractivity contribution is 5.81. The van der Waals surface area contributed by atoms with Gasteiger partial charge < -0.3 is 18.9 Å². The maximum absolute atomic E-state index is 13.3. The summed E-state index contributed by atoms with van der Waals surface area (Å²) in [5, 5.41) is 0. The van der Waals surface area contributed by atoms with Gasteiger partial charge in [0, 0.05) is 32.0 Å². The Morgan fingerprint density at radius 3 is 2.51 bits per heavy atom. The van der Waals surface area contributed by atoms with Gasteiger partial charge in [-0.05, 0) is 60.5 Å². The van der Waals surface area contributed by atoms with Crippen molar-refractivity contribution in [1.82, 2.24) is 14.5 Å². The number of carbonyl (C=O) groups is 1. The van der Waals surface area contributed by atoms with Gasteiger partial charge in [-0.25, -0.2) is 9.37 Å². The third-order valence-corrected chi connectivity index (χ3v) is 6.40. The molecule has 180 valence electrons. The van der Waals surface area contributed by atoms with Gasteiger partial charge in [-0.15, -0.1) is 0 Å². The number of fused-ring (bicyclic) bond motifs is 1. The maximum atomic E-state index is 13.3. The fraction of sp³-hybridized carbons (Fsp3) is 0.286. The number of hydrogen-bond acceptors (Lipinski definition) is 4. The molecule has 3 aromatic carbocycles. The quantitative estimate of drug-likeness (QED) is 0.315. The van der Waals surface area contributed by atoms with Crippen LogP contribution in [0.2, 0.25) is 0 Å². The van der Waals surface area contributed by atoms with Gasteiger partial charge in [-0.1, -0.05) is 24.3 Å². The molecule has 1 unspecified atom stereocenters. The summed E-state index contributed by atoms with van der Waals surface area (Å²) < 4.78 is 26.6. The van der Waals surface area contributed by atoms with Gasteiger partial charge in [0.25, 0.3) is 0 Å². The molecule has 0 spiro atoms. The second-order valence-corrected chi connectivity index (χ2v) is 8.79. The minimum atomic E-state index is -0.274. The topological polar surface area (TPSA) is 56.6 Å². The molecule has 1 fully saturated rings. The van der Waals surface area contributed by atoms with Gasteiger partial charge in [0.15, 0.2) is 0 Å². The third kappa shape index (κ3) is 5.14. The molecule has 1 aliphatic rings. The van der Waals surface area contributed by atoms with E-state index in [1.54, 1.807) is 19.2 Å². The van der Waals surface area contributed by atoms with E-state index < -0.39 is 0 Å². The Hall–Kier alpha value is -3.87. The summed E-state index contributed by atoms with van der Waals surface area (Å²) >= 11 is 0. The number of aromatic nitrogens is 2. The van der Waals surface area contributed by atoms with E-state index in [1.807, 2.05) is 47.4 Å². The lowest BCUT2D eigenvalue weighted by molar-refractivity contribution is -0.128. The van der Waals surface area contributed by atoms with Crippen LogP contribution in [0.25, 0.3) is 11.0 Å². The van der Waals surface area contributed by atoms with Crippen molar-refractivity contribution in [3.63, 3.8) is 0 Å². The van der Waals surface area contributed by atoms with E-state index in [-0.39, 0.29) is 17.6 Å². The molecule has 1 saturated heterocycles. The smallest absolute Gasteiger partial charge is 0.223 e. The first-order valence-electron chi connectivity index (χ1n) is 11.8. The molecule has 0 saturated carbocycles. The van der Waals surface area contributed by atoms with Crippen LogP contribution in [0.3, 0.4) is 0 Å². The van der Waals surface area contributed by atoms with Gasteiger partial charge in [-0.3, -0.25) is 4.79 Å². The molecule has 6 nitrogen and oxygen atoms in total. The number of para-hydroxylation sites is 2. The number of nitrogens with zero attached hydrogens (tertiary/aromatic N) is 3. The molecule has 1 aliphatic heterocycles. The molecular formula is C28H28FN3O3. The number of amides is 1. The molecule has 0 aliphatic carbocycles. The van der Waals surface area contributed by atoms with Crippen molar-refractivity contribution in [3.8, 4) is 11.5 Å². The molecular weight excluding hydrogens is 445 g/mol. The highest BCUT2D eigenvalue weighted by atomic mass is 19.1. The Bertz CT molecular complexity index is 1300. The zero-order valence-corrected chi connectivity index (χ0v) is 19.7. The molecule has 2 heterocycles. The van der Waals surface area contributed by atoms with Crippen LogP contribution in [0.15, 0.2) is 72.8 Å². The Kier molecular flexibility index (Phi) is 6.66. The van der Waals surface area contributed by atoms with Crippen LogP contribution in [0.5, 0.6) is 11.5 Å².